The van der Waals surface area contributed by atoms with E-state index in [1.807, 2.05) is 18.2 Å². The van der Waals surface area contributed by atoms with Gasteiger partial charge in [0.05, 0.1) is 11.7 Å². The van der Waals surface area contributed by atoms with E-state index in [4.69, 9.17) is 0 Å². The first-order valence-corrected chi connectivity index (χ1v) is 6.23. The molecular formula is C14H16FN3. The normalized spacial score (nSPS) is 19.3. The van der Waals surface area contributed by atoms with E-state index in [2.05, 4.69) is 22.2 Å². The number of pyridine rings is 1. The number of halogens is 1. The van der Waals surface area contributed by atoms with Crippen molar-refractivity contribution < 1.29 is 4.39 Å². The summed E-state index contributed by atoms with van der Waals surface area (Å²) in [5.41, 5.74) is 1.89. The molecule has 0 spiro atoms. The van der Waals surface area contributed by atoms with Crippen molar-refractivity contribution in [2.75, 3.05) is 25.0 Å². The number of rotatable bonds is 2. The lowest BCUT2D eigenvalue weighted by Gasteiger charge is -2.27. The molecule has 1 atom stereocenters. The minimum Gasteiger partial charge on any atom is -0.370 e. The Labute approximate surface area is 106 Å². The zero-order chi connectivity index (χ0) is 12.5. The zero-order valence-electron chi connectivity index (χ0n) is 10.4. The van der Waals surface area contributed by atoms with Gasteiger partial charge in [0.15, 0.2) is 0 Å². The summed E-state index contributed by atoms with van der Waals surface area (Å²) in [6, 6.07) is 7.96. The van der Waals surface area contributed by atoms with Crippen LogP contribution >= 0.6 is 0 Å². The van der Waals surface area contributed by atoms with Gasteiger partial charge >= 0.3 is 0 Å². The van der Waals surface area contributed by atoms with E-state index in [9.17, 15) is 4.39 Å². The number of fused-ring (bicyclic) bond motifs is 1. The summed E-state index contributed by atoms with van der Waals surface area (Å²) < 4.78 is 13.4. The molecule has 0 saturated carbocycles. The molecule has 18 heavy (non-hydrogen) atoms. The van der Waals surface area contributed by atoms with Gasteiger partial charge in [0.2, 0.25) is 0 Å². The molecule has 0 bridgehead atoms. The smallest absolute Gasteiger partial charge is 0.142 e. The van der Waals surface area contributed by atoms with Crippen molar-refractivity contribution in [3.63, 3.8) is 0 Å². The van der Waals surface area contributed by atoms with Crippen molar-refractivity contribution >= 4 is 16.6 Å². The van der Waals surface area contributed by atoms with E-state index < -0.39 is 0 Å². The standard InChI is InChI=1S/C14H16FN3/c1-18(11-5-6-16-9-11)14-4-2-3-13-12(14)7-10(15)8-17-13/h2-4,7-8,11,16H,5-6,9H2,1H3. The average molecular weight is 245 g/mol. The van der Waals surface area contributed by atoms with E-state index >= 15 is 0 Å². The molecule has 2 aromatic rings. The third kappa shape index (κ3) is 1.93. The first-order valence-electron chi connectivity index (χ1n) is 6.23. The number of nitrogens with one attached hydrogen (secondary N) is 1. The number of likely N-dealkylation sites (N-methyl/N-ethyl adjacent to an activating group) is 1. The van der Waals surface area contributed by atoms with Crippen LogP contribution in [0.25, 0.3) is 10.9 Å². The van der Waals surface area contributed by atoms with Crippen LogP contribution in [0.3, 0.4) is 0 Å². The number of nitrogens with zero attached hydrogens (tertiary/aromatic N) is 2. The predicted molar refractivity (Wildman–Crippen MR) is 71.4 cm³/mol. The van der Waals surface area contributed by atoms with Crippen molar-refractivity contribution in [3.8, 4) is 0 Å². The summed E-state index contributed by atoms with van der Waals surface area (Å²) in [5.74, 6) is -0.284. The summed E-state index contributed by atoms with van der Waals surface area (Å²) in [5, 5.41) is 4.23. The van der Waals surface area contributed by atoms with Gasteiger partial charge in [-0.1, -0.05) is 6.07 Å². The van der Waals surface area contributed by atoms with Gasteiger partial charge in [-0.2, -0.15) is 0 Å². The van der Waals surface area contributed by atoms with Crippen molar-refractivity contribution in [2.45, 2.75) is 12.5 Å². The van der Waals surface area contributed by atoms with Gasteiger partial charge < -0.3 is 10.2 Å². The molecule has 0 radical (unpaired) electrons. The Morgan fingerprint density at radius 2 is 2.33 bits per heavy atom. The Kier molecular flexibility index (Phi) is 2.88. The number of hydrogen-bond acceptors (Lipinski definition) is 3. The molecule has 0 aliphatic carbocycles. The average Bonchev–Trinajstić information content (AvgIpc) is 2.91. The lowest BCUT2D eigenvalue weighted by Crippen LogP contribution is -2.33. The molecule has 1 unspecified atom stereocenters. The van der Waals surface area contributed by atoms with Crippen LogP contribution < -0.4 is 10.2 Å². The number of anilines is 1. The van der Waals surface area contributed by atoms with Gasteiger partial charge in [0.25, 0.3) is 0 Å². The van der Waals surface area contributed by atoms with Gasteiger partial charge in [-0.3, -0.25) is 4.98 Å². The van der Waals surface area contributed by atoms with Crippen molar-refractivity contribution in [1.82, 2.24) is 10.3 Å². The molecule has 1 fully saturated rings. The zero-order valence-corrected chi connectivity index (χ0v) is 10.4. The van der Waals surface area contributed by atoms with E-state index in [-0.39, 0.29) is 5.82 Å². The first kappa shape index (κ1) is 11.4. The topological polar surface area (TPSA) is 28.2 Å². The third-order valence-corrected chi connectivity index (χ3v) is 3.63. The monoisotopic (exact) mass is 245 g/mol. The quantitative estimate of drug-likeness (QED) is 0.879. The van der Waals surface area contributed by atoms with Crippen LogP contribution in [0.15, 0.2) is 30.5 Å². The Balaban J connectivity index is 2.07. The maximum atomic E-state index is 13.4. The van der Waals surface area contributed by atoms with Crippen molar-refractivity contribution in [2.24, 2.45) is 0 Å². The maximum Gasteiger partial charge on any atom is 0.142 e. The van der Waals surface area contributed by atoms with Crippen LogP contribution in [0.1, 0.15) is 6.42 Å². The Hall–Kier alpha value is -1.68. The summed E-state index contributed by atoms with van der Waals surface area (Å²) in [7, 11) is 2.07. The van der Waals surface area contributed by atoms with Gasteiger partial charge in [-0.05, 0) is 31.2 Å². The van der Waals surface area contributed by atoms with Gasteiger partial charge in [-0.15, -0.1) is 0 Å². The van der Waals surface area contributed by atoms with Crippen LogP contribution in [0, 0.1) is 5.82 Å². The fourth-order valence-corrected chi connectivity index (χ4v) is 2.58. The molecule has 1 aliphatic rings. The molecule has 1 aromatic heterocycles. The highest BCUT2D eigenvalue weighted by molar-refractivity contribution is 5.91. The highest BCUT2D eigenvalue weighted by Crippen LogP contribution is 2.27. The van der Waals surface area contributed by atoms with Crippen LogP contribution in [0.2, 0.25) is 0 Å². The molecular weight excluding hydrogens is 229 g/mol. The fourth-order valence-electron chi connectivity index (χ4n) is 2.58. The minimum absolute atomic E-state index is 0.284. The number of benzene rings is 1. The van der Waals surface area contributed by atoms with Crippen molar-refractivity contribution in [3.05, 3.63) is 36.3 Å². The van der Waals surface area contributed by atoms with E-state index in [1.54, 1.807) is 6.07 Å². The Morgan fingerprint density at radius 3 is 3.11 bits per heavy atom. The second-order valence-corrected chi connectivity index (χ2v) is 4.75. The predicted octanol–water partition coefficient (Wildman–Crippen LogP) is 2.17. The number of aromatic nitrogens is 1. The second kappa shape index (κ2) is 4.53. The van der Waals surface area contributed by atoms with Crippen LogP contribution in [-0.2, 0) is 0 Å². The SMILES string of the molecule is CN(c1cccc2ncc(F)cc12)C1CCNC1. The summed E-state index contributed by atoms with van der Waals surface area (Å²) in [6.45, 7) is 2.03. The fraction of sp³-hybridized carbons (Fsp3) is 0.357. The third-order valence-electron chi connectivity index (χ3n) is 3.63. The van der Waals surface area contributed by atoms with Crippen LogP contribution in [0.5, 0.6) is 0 Å². The maximum absolute atomic E-state index is 13.4. The molecule has 1 aromatic carbocycles. The lowest BCUT2D eigenvalue weighted by molar-refractivity contribution is 0.624. The molecule has 1 N–H and O–H groups in total. The summed E-state index contributed by atoms with van der Waals surface area (Å²) in [4.78, 5) is 6.36. The lowest BCUT2D eigenvalue weighted by atomic mass is 10.1. The molecule has 1 saturated heterocycles. The molecule has 1 aliphatic heterocycles. The highest BCUT2D eigenvalue weighted by Gasteiger charge is 2.20. The molecule has 2 heterocycles. The highest BCUT2D eigenvalue weighted by atomic mass is 19.1. The first-order chi connectivity index (χ1) is 8.75. The number of hydrogen-bond donors (Lipinski definition) is 1. The van der Waals surface area contributed by atoms with Gasteiger partial charge in [-0.25, -0.2) is 4.39 Å². The largest absolute Gasteiger partial charge is 0.370 e. The second-order valence-electron chi connectivity index (χ2n) is 4.75. The minimum atomic E-state index is -0.284. The summed E-state index contributed by atoms with van der Waals surface area (Å²) >= 11 is 0. The van der Waals surface area contributed by atoms with Crippen molar-refractivity contribution in [1.29, 1.82) is 0 Å². The molecule has 3 nitrogen and oxygen atoms in total. The molecule has 94 valence electrons. The Morgan fingerprint density at radius 1 is 1.44 bits per heavy atom. The van der Waals surface area contributed by atoms with E-state index in [1.165, 1.54) is 6.20 Å². The molecule has 3 rings (SSSR count). The van der Waals surface area contributed by atoms with E-state index in [0.29, 0.717) is 6.04 Å². The van der Waals surface area contributed by atoms with Gasteiger partial charge in [0, 0.05) is 30.7 Å². The van der Waals surface area contributed by atoms with Crippen LogP contribution in [0.4, 0.5) is 10.1 Å². The van der Waals surface area contributed by atoms with E-state index in [0.717, 1.165) is 36.1 Å². The Bertz CT molecular complexity index is 564. The molecule has 4 heteroatoms. The molecule has 0 amide bonds. The summed E-state index contributed by atoms with van der Waals surface area (Å²) in [6.07, 6.45) is 2.39. The van der Waals surface area contributed by atoms with Crippen LogP contribution in [-0.4, -0.2) is 31.2 Å². The van der Waals surface area contributed by atoms with Gasteiger partial charge in [0.1, 0.15) is 5.82 Å².